The zero-order chi connectivity index (χ0) is 13.3. The van der Waals surface area contributed by atoms with Crippen LogP contribution in [-0.4, -0.2) is 13.7 Å². The highest BCUT2D eigenvalue weighted by molar-refractivity contribution is 5.49. The normalized spacial score (nSPS) is 23.4. The monoisotopic (exact) mass is 251 g/mol. The van der Waals surface area contributed by atoms with Crippen molar-refractivity contribution in [3.8, 4) is 5.75 Å². The van der Waals surface area contributed by atoms with Gasteiger partial charge in [-0.2, -0.15) is 0 Å². The molecule has 3 heteroatoms. The molecule has 2 rings (SSSR count). The van der Waals surface area contributed by atoms with E-state index in [4.69, 9.17) is 4.74 Å². The SMILES string of the molecule is CCc1c(C2(C)CCCN2)cc(F)c(C)c1OC. The topological polar surface area (TPSA) is 21.3 Å². The van der Waals surface area contributed by atoms with Gasteiger partial charge in [0.15, 0.2) is 0 Å². The van der Waals surface area contributed by atoms with Crippen molar-refractivity contribution in [1.29, 1.82) is 0 Å². The van der Waals surface area contributed by atoms with E-state index in [1.165, 1.54) is 0 Å². The lowest BCUT2D eigenvalue weighted by Gasteiger charge is -2.29. The van der Waals surface area contributed by atoms with Crippen LogP contribution >= 0.6 is 0 Å². The molecule has 0 bridgehead atoms. The molecule has 1 unspecified atom stereocenters. The molecule has 1 N–H and O–H groups in total. The number of nitrogens with one attached hydrogen (secondary N) is 1. The highest BCUT2D eigenvalue weighted by Gasteiger charge is 2.33. The van der Waals surface area contributed by atoms with Gasteiger partial charge in [0.2, 0.25) is 0 Å². The summed E-state index contributed by atoms with van der Waals surface area (Å²) in [7, 11) is 1.62. The first-order valence-corrected chi connectivity index (χ1v) is 6.65. The van der Waals surface area contributed by atoms with Crippen molar-refractivity contribution in [3.63, 3.8) is 0 Å². The molecule has 1 fully saturated rings. The first-order chi connectivity index (χ1) is 8.53. The van der Waals surface area contributed by atoms with Gasteiger partial charge >= 0.3 is 0 Å². The standard InChI is InChI=1S/C15H22FNO/c1-5-11-12(15(3)7-6-8-17-15)9-13(16)10(2)14(11)18-4/h9,17H,5-8H2,1-4H3. The molecule has 0 amide bonds. The third-order valence-electron chi connectivity index (χ3n) is 4.09. The van der Waals surface area contributed by atoms with Crippen LogP contribution in [0, 0.1) is 12.7 Å². The minimum atomic E-state index is -0.172. The van der Waals surface area contributed by atoms with Crippen LogP contribution in [-0.2, 0) is 12.0 Å². The zero-order valence-corrected chi connectivity index (χ0v) is 11.7. The second kappa shape index (κ2) is 4.88. The van der Waals surface area contributed by atoms with E-state index in [1.807, 2.05) is 0 Å². The maximum Gasteiger partial charge on any atom is 0.130 e. The molecule has 100 valence electrons. The molecule has 0 aromatic heterocycles. The Labute approximate surface area is 109 Å². The van der Waals surface area contributed by atoms with E-state index in [9.17, 15) is 4.39 Å². The van der Waals surface area contributed by atoms with Crippen molar-refractivity contribution < 1.29 is 9.13 Å². The summed E-state index contributed by atoms with van der Waals surface area (Å²) in [6, 6.07) is 1.69. The Morgan fingerprint density at radius 3 is 2.72 bits per heavy atom. The lowest BCUT2D eigenvalue weighted by molar-refractivity contribution is 0.388. The molecule has 1 atom stereocenters. The fraction of sp³-hybridized carbons (Fsp3) is 0.600. The Bertz CT molecular complexity index is 450. The summed E-state index contributed by atoms with van der Waals surface area (Å²) in [5.74, 6) is 0.538. The van der Waals surface area contributed by atoms with Crippen LogP contribution in [0.5, 0.6) is 5.75 Å². The minimum absolute atomic E-state index is 0.118. The van der Waals surface area contributed by atoms with Gasteiger partial charge in [0.25, 0.3) is 0 Å². The summed E-state index contributed by atoms with van der Waals surface area (Å²) in [6.45, 7) is 7.03. The van der Waals surface area contributed by atoms with E-state index in [0.29, 0.717) is 11.3 Å². The second-order valence-electron chi connectivity index (χ2n) is 5.26. The van der Waals surface area contributed by atoms with Gasteiger partial charge in [-0.15, -0.1) is 0 Å². The third-order valence-corrected chi connectivity index (χ3v) is 4.09. The molecular formula is C15H22FNO. The van der Waals surface area contributed by atoms with Crippen molar-refractivity contribution in [3.05, 3.63) is 28.6 Å². The fourth-order valence-corrected chi connectivity index (χ4v) is 3.02. The number of hydrogen-bond donors (Lipinski definition) is 1. The molecular weight excluding hydrogens is 229 g/mol. The molecule has 1 aliphatic rings. The van der Waals surface area contributed by atoms with E-state index in [2.05, 4.69) is 19.2 Å². The van der Waals surface area contributed by atoms with Gasteiger partial charge in [-0.25, -0.2) is 4.39 Å². The number of benzene rings is 1. The highest BCUT2D eigenvalue weighted by Crippen LogP contribution is 2.39. The van der Waals surface area contributed by atoms with E-state index < -0.39 is 0 Å². The smallest absolute Gasteiger partial charge is 0.130 e. The van der Waals surface area contributed by atoms with Gasteiger partial charge < -0.3 is 10.1 Å². The summed E-state index contributed by atoms with van der Waals surface area (Å²) >= 11 is 0. The average molecular weight is 251 g/mol. The van der Waals surface area contributed by atoms with Crippen molar-refractivity contribution >= 4 is 0 Å². The molecule has 0 spiro atoms. The molecule has 18 heavy (non-hydrogen) atoms. The summed E-state index contributed by atoms with van der Waals surface area (Å²) in [4.78, 5) is 0. The molecule has 1 aliphatic heterocycles. The van der Waals surface area contributed by atoms with Crippen LogP contribution in [0.15, 0.2) is 6.07 Å². The van der Waals surface area contributed by atoms with Gasteiger partial charge in [-0.3, -0.25) is 0 Å². The van der Waals surface area contributed by atoms with Crippen molar-refractivity contribution in [1.82, 2.24) is 5.32 Å². The van der Waals surface area contributed by atoms with E-state index >= 15 is 0 Å². The summed E-state index contributed by atoms with van der Waals surface area (Å²) in [5, 5.41) is 3.50. The predicted molar refractivity (Wildman–Crippen MR) is 71.7 cm³/mol. The molecule has 1 heterocycles. The fourth-order valence-electron chi connectivity index (χ4n) is 3.02. The lowest BCUT2D eigenvalue weighted by Crippen LogP contribution is -2.34. The van der Waals surface area contributed by atoms with Crippen LogP contribution in [0.3, 0.4) is 0 Å². The van der Waals surface area contributed by atoms with Crippen molar-refractivity contribution in [2.75, 3.05) is 13.7 Å². The molecule has 1 aromatic rings. The Morgan fingerprint density at radius 2 is 2.22 bits per heavy atom. The van der Waals surface area contributed by atoms with Gasteiger partial charge in [0.05, 0.1) is 7.11 Å². The largest absolute Gasteiger partial charge is 0.496 e. The van der Waals surface area contributed by atoms with E-state index in [0.717, 1.165) is 36.9 Å². The summed E-state index contributed by atoms with van der Waals surface area (Å²) in [5.41, 5.74) is 2.68. The summed E-state index contributed by atoms with van der Waals surface area (Å²) < 4.78 is 19.5. The molecule has 1 aromatic carbocycles. The highest BCUT2D eigenvalue weighted by atomic mass is 19.1. The van der Waals surface area contributed by atoms with E-state index in [-0.39, 0.29) is 11.4 Å². The van der Waals surface area contributed by atoms with Crippen LogP contribution < -0.4 is 10.1 Å². The maximum atomic E-state index is 14.1. The quantitative estimate of drug-likeness (QED) is 0.890. The minimum Gasteiger partial charge on any atom is -0.496 e. The third kappa shape index (κ3) is 2.01. The number of hydrogen-bond acceptors (Lipinski definition) is 2. The van der Waals surface area contributed by atoms with Crippen LogP contribution in [0.2, 0.25) is 0 Å². The van der Waals surface area contributed by atoms with Crippen LogP contribution in [0.25, 0.3) is 0 Å². The van der Waals surface area contributed by atoms with Gasteiger partial charge in [0, 0.05) is 11.1 Å². The Morgan fingerprint density at radius 1 is 1.50 bits per heavy atom. The van der Waals surface area contributed by atoms with Crippen molar-refractivity contribution in [2.24, 2.45) is 0 Å². The maximum absolute atomic E-state index is 14.1. The van der Waals surface area contributed by atoms with Gasteiger partial charge in [-0.05, 0) is 56.8 Å². The van der Waals surface area contributed by atoms with Crippen LogP contribution in [0.1, 0.15) is 43.4 Å². The number of methoxy groups -OCH3 is 1. The van der Waals surface area contributed by atoms with Crippen molar-refractivity contribution in [2.45, 2.75) is 45.6 Å². The second-order valence-corrected chi connectivity index (χ2v) is 5.26. The molecule has 0 saturated carbocycles. The predicted octanol–water partition coefficient (Wildman–Crippen LogP) is 3.30. The Kier molecular flexibility index (Phi) is 3.62. The Balaban J connectivity index is 2.63. The first kappa shape index (κ1) is 13.3. The van der Waals surface area contributed by atoms with Crippen LogP contribution in [0.4, 0.5) is 4.39 Å². The number of ether oxygens (including phenoxy) is 1. The number of rotatable bonds is 3. The summed E-state index contributed by atoms with van der Waals surface area (Å²) in [6.07, 6.45) is 3.04. The van der Waals surface area contributed by atoms with E-state index in [1.54, 1.807) is 20.1 Å². The lowest BCUT2D eigenvalue weighted by atomic mass is 9.84. The Hall–Kier alpha value is -1.09. The van der Waals surface area contributed by atoms with Gasteiger partial charge in [-0.1, -0.05) is 6.92 Å². The molecule has 2 nitrogen and oxygen atoms in total. The molecule has 0 radical (unpaired) electrons. The van der Waals surface area contributed by atoms with Gasteiger partial charge in [0.1, 0.15) is 11.6 Å². The number of halogens is 1. The molecule has 1 saturated heterocycles. The molecule has 0 aliphatic carbocycles. The first-order valence-electron chi connectivity index (χ1n) is 6.65. The average Bonchev–Trinajstić information content (AvgIpc) is 2.80. The zero-order valence-electron chi connectivity index (χ0n) is 11.7.